The molecular formula is C22H16ClNO6. The molecule has 3 rings (SSSR count). The number of rotatable bonds is 7. The van der Waals surface area contributed by atoms with Crippen molar-refractivity contribution in [3.8, 4) is 5.75 Å². The molecule has 0 fully saturated rings. The SMILES string of the molecule is COc1ccc(C(=O)C(OC(=O)c2cc([N+](=O)[O-])ccc2Cl)c2ccccc2)cc1. The van der Waals surface area contributed by atoms with Crippen LogP contribution in [0.25, 0.3) is 0 Å². The van der Waals surface area contributed by atoms with Crippen LogP contribution in [0.2, 0.25) is 5.02 Å². The second-order valence-corrected chi connectivity index (χ2v) is 6.62. The topological polar surface area (TPSA) is 95.7 Å². The Balaban J connectivity index is 1.95. The Kier molecular flexibility index (Phi) is 6.44. The largest absolute Gasteiger partial charge is 0.497 e. The lowest BCUT2D eigenvalue weighted by Gasteiger charge is -2.18. The molecule has 152 valence electrons. The van der Waals surface area contributed by atoms with Crippen LogP contribution in [0.1, 0.15) is 32.4 Å². The van der Waals surface area contributed by atoms with Crippen molar-refractivity contribution in [1.82, 2.24) is 0 Å². The molecule has 3 aromatic carbocycles. The first-order chi connectivity index (χ1) is 14.4. The molecule has 1 atom stereocenters. The third-order valence-corrected chi connectivity index (χ3v) is 4.65. The van der Waals surface area contributed by atoms with Crippen molar-refractivity contribution in [2.24, 2.45) is 0 Å². The number of methoxy groups -OCH3 is 1. The van der Waals surface area contributed by atoms with Gasteiger partial charge in [-0.1, -0.05) is 41.9 Å². The Morgan fingerprint density at radius 1 is 1.00 bits per heavy atom. The van der Waals surface area contributed by atoms with Crippen LogP contribution in [0.3, 0.4) is 0 Å². The van der Waals surface area contributed by atoms with Gasteiger partial charge in [0, 0.05) is 23.3 Å². The molecule has 0 amide bonds. The third-order valence-electron chi connectivity index (χ3n) is 4.32. The number of carbonyl (C=O) groups is 2. The number of hydrogen-bond acceptors (Lipinski definition) is 6. The molecule has 0 N–H and O–H groups in total. The smallest absolute Gasteiger partial charge is 0.340 e. The maximum absolute atomic E-state index is 13.1. The summed E-state index contributed by atoms with van der Waals surface area (Å²) in [5, 5.41) is 11.0. The van der Waals surface area contributed by atoms with Gasteiger partial charge in [0.2, 0.25) is 5.78 Å². The Bertz CT molecular complexity index is 1080. The molecule has 0 aromatic heterocycles. The number of ketones is 1. The lowest BCUT2D eigenvalue weighted by molar-refractivity contribution is -0.384. The molecule has 0 bridgehead atoms. The van der Waals surface area contributed by atoms with E-state index < -0.39 is 22.8 Å². The van der Waals surface area contributed by atoms with E-state index in [9.17, 15) is 19.7 Å². The molecule has 30 heavy (non-hydrogen) atoms. The van der Waals surface area contributed by atoms with Crippen LogP contribution in [0.5, 0.6) is 5.75 Å². The standard InChI is InChI=1S/C22H16ClNO6/c1-29-17-10-7-14(8-11-17)20(25)21(15-5-3-2-4-6-15)30-22(26)18-13-16(24(27)28)9-12-19(18)23/h2-13,21H,1H3. The van der Waals surface area contributed by atoms with E-state index >= 15 is 0 Å². The average molecular weight is 426 g/mol. The molecule has 0 spiro atoms. The number of Topliss-reactive ketones (excluding diaryl/α,β-unsaturated/α-hetero) is 1. The number of nitro benzene ring substituents is 1. The Morgan fingerprint density at radius 2 is 1.67 bits per heavy atom. The molecule has 0 saturated carbocycles. The van der Waals surface area contributed by atoms with E-state index in [1.165, 1.54) is 19.2 Å². The van der Waals surface area contributed by atoms with Gasteiger partial charge in [0.15, 0.2) is 6.10 Å². The number of nitro groups is 1. The van der Waals surface area contributed by atoms with Gasteiger partial charge in [0.1, 0.15) is 5.75 Å². The summed E-state index contributed by atoms with van der Waals surface area (Å²) >= 11 is 6.03. The Morgan fingerprint density at radius 3 is 2.27 bits per heavy atom. The van der Waals surface area contributed by atoms with E-state index in [0.29, 0.717) is 16.9 Å². The van der Waals surface area contributed by atoms with E-state index in [1.807, 2.05) is 0 Å². The van der Waals surface area contributed by atoms with Gasteiger partial charge < -0.3 is 9.47 Å². The van der Waals surface area contributed by atoms with Crippen molar-refractivity contribution < 1.29 is 24.0 Å². The molecule has 1 unspecified atom stereocenters. The van der Waals surface area contributed by atoms with Gasteiger partial charge in [-0.15, -0.1) is 0 Å². The third kappa shape index (κ3) is 4.64. The van der Waals surface area contributed by atoms with Gasteiger partial charge in [-0.25, -0.2) is 4.79 Å². The number of hydrogen-bond donors (Lipinski definition) is 0. The number of carbonyl (C=O) groups excluding carboxylic acids is 2. The zero-order valence-corrected chi connectivity index (χ0v) is 16.5. The molecule has 3 aromatic rings. The Labute approximate surface area is 177 Å². The first kappa shape index (κ1) is 21.0. The van der Waals surface area contributed by atoms with E-state index in [1.54, 1.807) is 54.6 Å². The minimum atomic E-state index is -1.26. The monoisotopic (exact) mass is 425 g/mol. The van der Waals surface area contributed by atoms with Crippen molar-refractivity contribution in [3.63, 3.8) is 0 Å². The van der Waals surface area contributed by atoms with Crippen molar-refractivity contribution in [2.75, 3.05) is 7.11 Å². The normalized spacial score (nSPS) is 11.4. The van der Waals surface area contributed by atoms with Crippen LogP contribution < -0.4 is 4.74 Å². The van der Waals surface area contributed by atoms with Gasteiger partial charge in [-0.3, -0.25) is 14.9 Å². The first-order valence-corrected chi connectivity index (χ1v) is 9.16. The Hall–Kier alpha value is -3.71. The minimum absolute atomic E-state index is 0.0192. The van der Waals surface area contributed by atoms with Gasteiger partial charge in [0.25, 0.3) is 5.69 Å². The number of non-ortho nitro benzene ring substituents is 1. The molecule has 0 aliphatic heterocycles. The van der Waals surface area contributed by atoms with Gasteiger partial charge in [-0.05, 0) is 30.3 Å². The predicted molar refractivity (Wildman–Crippen MR) is 110 cm³/mol. The highest BCUT2D eigenvalue weighted by Crippen LogP contribution is 2.28. The lowest BCUT2D eigenvalue weighted by atomic mass is 9.99. The van der Waals surface area contributed by atoms with Crippen LogP contribution in [-0.4, -0.2) is 23.8 Å². The lowest BCUT2D eigenvalue weighted by Crippen LogP contribution is -2.20. The van der Waals surface area contributed by atoms with Crippen molar-refractivity contribution in [1.29, 1.82) is 0 Å². The second kappa shape index (κ2) is 9.19. The van der Waals surface area contributed by atoms with Crippen LogP contribution in [0, 0.1) is 10.1 Å². The highest BCUT2D eigenvalue weighted by atomic mass is 35.5. The fraction of sp³-hybridized carbons (Fsp3) is 0.0909. The van der Waals surface area contributed by atoms with E-state index in [2.05, 4.69) is 0 Å². The molecule has 0 heterocycles. The van der Waals surface area contributed by atoms with Crippen LogP contribution >= 0.6 is 11.6 Å². The molecule has 0 radical (unpaired) electrons. The summed E-state index contributed by atoms with van der Waals surface area (Å²) in [6, 6.07) is 18.3. The van der Waals surface area contributed by atoms with Crippen LogP contribution in [0.4, 0.5) is 5.69 Å². The fourth-order valence-corrected chi connectivity index (χ4v) is 2.96. The number of nitrogens with zero attached hydrogens (tertiary/aromatic N) is 1. The summed E-state index contributed by atoms with van der Waals surface area (Å²) in [4.78, 5) is 36.2. The van der Waals surface area contributed by atoms with Gasteiger partial charge in [-0.2, -0.15) is 0 Å². The van der Waals surface area contributed by atoms with Crippen LogP contribution in [-0.2, 0) is 4.74 Å². The van der Waals surface area contributed by atoms with Gasteiger partial charge in [0.05, 0.1) is 22.6 Å². The second-order valence-electron chi connectivity index (χ2n) is 6.21. The summed E-state index contributed by atoms with van der Waals surface area (Å²) in [6.07, 6.45) is -1.26. The highest BCUT2D eigenvalue weighted by molar-refractivity contribution is 6.33. The predicted octanol–water partition coefficient (Wildman–Crippen LogP) is 5.04. The molecule has 7 nitrogen and oxygen atoms in total. The summed E-state index contributed by atoms with van der Waals surface area (Å²) in [6.45, 7) is 0. The minimum Gasteiger partial charge on any atom is -0.497 e. The molecule has 0 aliphatic rings. The van der Waals surface area contributed by atoms with Crippen LogP contribution in [0.15, 0.2) is 72.8 Å². The van der Waals surface area contributed by atoms with Crippen molar-refractivity contribution in [2.45, 2.75) is 6.10 Å². The number of esters is 1. The summed E-state index contributed by atoms with van der Waals surface area (Å²) in [5.74, 6) is -0.832. The maximum Gasteiger partial charge on any atom is 0.340 e. The van der Waals surface area contributed by atoms with E-state index in [-0.39, 0.29) is 16.3 Å². The van der Waals surface area contributed by atoms with Crippen molar-refractivity contribution >= 4 is 29.0 Å². The van der Waals surface area contributed by atoms with Crippen molar-refractivity contribution in [3.05, 3.63) is 105 Å². The zero-order chi connectivity index (χ0) is 21.7. The molecule has 0 saturated heterocycles. The maximum atomic E-state index is 13.1. The number of ether oxygens (including phenoxy) is 2. The zero-order valence-electron chi connectivity index (χ0n) is 15.8. The molecular weight excluding hydrogens is 410 g/mol. The summed E-state index contributed by atoms with van der Waals surface area (Å²) < 4.78 is 10.6. The fourth-order valence-electron chi connectivity index (χ4n) is 2.76. The number of halogens is 1. The summed E-state index contributed by atoms with van der Waals surface area (Å²) in [5.41, 5.74) is 0.245. The quantitative estimate of drug-likeness (QED) is 0.228. The number of benzene rings is 3. The summed E-state index contributed by atoms with van der Waals surface area (Å²) in [7, 11) is 1.51. The van der Waals surface area contributed by atoms with E-state index in [0.717, 1.165) is 6.07 Å². The van der Waals surface area contributed by atoms with Gasteiger partial charge >= 0.3 is 5.97 Å². The average Bonchev–Trinajstić information content (AvgIpc) is 2.77. The first-order valence-electron chi connectivity index (χ1n) is 8.79. The highest BCUT2D eigenvalue weighted by Gasteiger charge is 2.28. The molecule has 8 heteroatoms. The molecule has 0 aliphatic carbocycles. The van der Waals surface area contributed by atoms with E-state index in [4.69, 9.17) is 21.1 Å².